The lowest BCUT2D eigenvalue weighted by Crippen LogP contribution is -2.19. The molecule has 2 heterocycles. The van der Waals surface area contributed by atoms with Crippen LogP contribution in [0.15, 0.2) is 51.6 Å². The average molecular weight is 380 g/mol. The number of halogens is 1. The van der Waals surface area contributed by atoms with Crippen LogP contribution in [0, 0.1) is 0 Å². The van der Waals surface area contributed by atoms with Crippen LogP contribution < -0.4 is 10.1 Å². The zero-order valence-electron chi connectivity index (χ0n) is 11.2. The van der Waals surface area contributed by atoms with Gasteiger partial charge in [0, 0.05) is 11.5 Å². The van der Waals surface area contributed by atoms with E-state index in [9.17, 15) is 4.79 Å². The van der Waals surface area contributed by atoms with Crippen molar-refractivity contribution in [3.63, 3.8) is 0 Å². The summed E-state index contributed by atoms with van der Waals surface area (Å²) >= 11 is 4.29. The molecule has 0 atom stereocenters. The summed E-state index contributed by atoms with van der Waals surface area (Å²) in [5.41, 5.74) is 0. The molecule has 3 rings (SSSR count). The van der Waals surface area contributed by atoms with Crippen LogP contribution in [-0.4, -0.2) is 21.9 Å². The normalized spacial score (nSPS) is 10.4. The van der Waals surface area contributed by atoms with Gasteiger partial charge in [0.05, 0.1) is 0 Å². The maximum Gasteiger partial charge on any atom is 0.264 e. The van der Waals surface area contributed by atoms with Gasteiger partial charge in [-0.2, -0.15) is 9.36 Å². The fourth-order valence-corrected chi connectivity index (χ4v) is 2.53. The highest BCUT2D eigenvalue weighted by Crippen LogP contribution is 2.25. The van der Waals surface area contributed by atoms with Gasteiger partial charge in [0.15, 0.2) is 17.0 Å². The van der Waals surface area contributed by atoms with Crippen LogP contribution in [-0.2, 0) is 4.79 Å². The third-order valence-electron chi connectivity index (χ3n) is 2.58. The summed E-state index contributed by atoms with van der Waals surface area (Å²) in [6.07, 6.45) is 0. The van der Waals surface area contributed by atoms with E-state index in [1.807, 2.05) is 18.2 Å². The van der Waals surface area contributed by atoms with Crippen molar-refractivity contribution in [2.75, 3.05) is 11.9 Å². The highest BCUT2D eigenvalue weighted by Gasteiger charge is 2.12. The summed E-state index contributed by atoms with van der Waals surface area (Å²) in [7, 11) is 0. The van der Waals surface area contributed by atoms with Gasteiger partial charge in [-0.25, -0.2) is 0 Å². The first kappa shape index (κ1) is 14.7. The molecule has 1 amide bonds. The number of amides is 1. The van der Waals surface area contributed by atoms with E-state index in [1.54, 1.807) is 24.3 Å². The standard InChI is InChI=1S/C14H10BrN3O3S/c15-11-7-6-10(21-11)13-17-14(22-18-13)16-12(19)8-20-9-4-2-1-3-5-9/h1-7H,8H2,(H,16,17,18,19). The number of anilines is 1. The van der Waals surface area contributed by atoms with Crippen LogP contribution in [0.1, 0.15) is 0 Å². The predicted molar refractivity (Wildman–Crippen MR) is 85.9 cm³/mol. The molecule has 8 heteroatoms. The molecule has 0 aliphatic heterocycles. The molecule has 1 N–H and O–H groups in total. The Hall–Kier alpha value is -2.19. The second-order valence-corrected chi connectivity index (χ2v) is 5.71. The first-order valence-corrected chi connectivity index (χ1v) is 7.84. The molecular weight excluding hydrogens is 370 g/mol. The summed E-state index contributed by atoms with van der Waals surface area (Å²) in [4.78, 5) is 16.0. The predicted octanol–water partition coefficient (Wildman–Crippen LogP) is 3.58. The Kier molecular flexibility index (Phi) is 4.50. The van der Waals surface area contributed by atoms with E-state index >= 15 is 0 Å². The molecule has 0 saturated heterocycles. The SMILES string of the molecule is O=C(COc1ccccc1)Nc1nc(-c2ccc(Br)o2)ns1. The molecule has 0 fully saturated rings. The number of rotatable bonds is 5. The van der Waals surface area contributed by atoms with E-state index in [1.165, 1.54) is 0 Å². The second kappa shape index (κ2) is 6.71. The number of hydrogen-bond donors (Lipinski definition) is 1. The minimum atomic E-state index is -0.299. The molecule has 0 aliphatic rings. The molecule has 2 aromatic heterocycles. The van der Waals surface area contributed by atoms with E-state index in [2.05, 4.69) is 30.6 Å². The van der Waals surface area contributed by atoms with Crippen LogP contribution in [0.25, 0.3) is 11.6 Å². The molecule has 6 nitrogen and oxygen atoms in total. The fourth-order valence-electron chi connectivity index (χ4n) is 1.63. The zero-order chi connectivity index (χ0) is 15.4. The van der Waals surface area contributed by atoms with Crippen molar-refractivity contribution in [3.05, 3.63) is 47.1 Å². The Morgan fingerprint density at radius 3 is 2.82 bits per heavy atom. The van der Waals surface area contributed by atoms with Gasteiger partial charge in [-0.05, 0) is 40.2 Å². The molecule has 0 spiro atoms. The average Bonchev–Trinajstić information content (AvgIpc) is 3.15. The number of carbonyl (C=O) groups excluding carboxylic acids is 1. The molecule has 0 radical (unpaired) electrons. The van der Waals surface area contributed by atoms with Gasteiger partial charge in [-0.15, -0.1) is 0 Å². The Morgan fingerprint density at radius 2 is 2.09 bits per heavy atom. The van der Waals surface area contributed by atoms with Gasteiger partial charge >= 0.3 is 0 Å². The summed E-state index contributed by atoms with van der Waals surface area (Å²) in [5.74, 6) is 1.29. The fraction of sp³-hybridized carbons (Fsp3) is 0.0714. The number of aromatic nitrogens is 2. The lowest BCUT2D eigenvalue weighted by Gasteiger charge is -2.04. The molecule has 0 unspecified atom stereocenters. The number of hydrogen-bond acceptors (Lipinski definition) is 6. The molecule has 1 aromatic carbocycles. The van der Waals surface area contributed by atoms with Crippen molar-refractivity contribution < 1.29 is 13.9 Å². The zero-order valence-corrected chi connectivity index (χ0v) is 13.6. The van der Waals surface area contributed by atoms with E-state index in [-0.39, 0.29) is 12.5 Å². The van der Waals surface area contributed by atoms with Gasteiger partial charge in [-0.1, -0.05) is 18.2 Å². The number of furan rings is 1. The van der Waals surface area contributed by atoms with Gasteiger partial charge < -0.3 is 9.15 Å². The first-order chi connectivity index (χ1) is 10.7. The molecular formula is C14H10BrN3O3S. The topological polar surface area (TPSA) is 77.2 Å². The van der Waals surface area contributed by atoms with Crippen molar-refractivity contribution >= 4 is 38.5 Å². The van der Waals surface area contributed by atoms with E-state index in [0.29, 0.717) is 27.1 Å². The highest BCUT2D eigenvalue weighted by molar-refractivity contribution is 9.10. The van der Waals surface area contributed by atoms with E-state index in [4.69, 9.17) is 9.15 Å². The van der Waals surface area contributed by atoms with Crippen molar-refractivity contribution in [1.29, 1.82) is 0 Å². The largest absolute Gasteiger partial charge is 0.484 e. The first-order valence-electron chi connectivity index (χ1n) is 6.28. The monoisotopic (exact) mass is 379 g/mol. The van der Waals surface area contributed by atoms with Crippen molar-refractivity contribution in [2.24, 2.45) is 0 Å². The molecule has 0 saturated carbocycles. The van der Waals surface area contributed by atoms with Gasteiger partial charge in [0.25, 0.3) is 5.91 Å². The molecule has 22 heavy (non-hydrogen) atoms. The van der Waals surface area contributed by atoms with Crippen LogP contribution in [0.3, 0.4) is 0 Å². The van der Waals surface area contributed by atoms with E-state index in [0.717, 1.165) is 11.5 Å². The third-order valence-corrected chi connectivity index (χ3v) is 3.64. The smallest absolute Gasteiger partial charge is 0.264 e. The second-order valence-electron chi connectivity index (χ2n) is 4.18. The minimum Gasteiger partial charge on any atom is -0.484 e. The maximum atomic E-state index is 11.8. The maximum absolute atomic E-state index is 11.8. The van der Waals surface area contributed by atoms with Crippen molar-refractivity contribution in [2.45, 2.75) is 0 Å². The molecule has 0 aliphatic carbocycles. The van der Waals surface area contributed by atoms with Crippen LogP contribution in [0.2, 0.25) is 0 Å². The molecule has 0 bridgehead atoms. The summed E-state index contributed by atoms with van der Waals surface area (Å²) < 4.78 is 15.4. The number of benzene rings is 1. The Morgan fingerprint density at radius 1 is 1.27 bits per heavy atom. The summed E-state index contributed by atoms with van der Waals surface area (Å²) in [5, 5.41) is 3.03. The Labute approximate surface area is 138 Å². The van der Waals surface area contributed by atoms with Crippen molar-refractivity contribution in [1.82, 2.24) is 9.36 Å². The number of carbonyl (C=O) groups is 1. The number of ether oxygens (including phenoxy) is 1. The highest BCUT2D eigenvalue weighted by atomic mass is 79.9. The van der Waals surface area contributed by atoms with Gasteiger partial charge in [0.1, 0.15) is 5.75 Å². The van der Waals surface area contributed by atoms with Crippen LogP contribution >= 0.6 is 27.5 Å². The minimum absolute atomic E-state index is 0.0920. The van der Waals surface area contributed by atoms with Crippen LogP contribution in [0.4, 0.5) is 5.13 Å². The quantitative estimate of drug-likeness (QED) is 0.732. The van der Waals surface area contributed by atoms with Crippen molar-refractivity contribution in [3.8, 4) is 17.3 Å². The molecule has 112 valence electrons. The Bertz CT molecular complexity index is 773. The number of nitrogens with one attached hydrogen (secondary N) is 1. The number of nitrogens with zero attached hydrogens (tertiary/aromatic N) is 2. The van der Waals surface area contributed by atoms with Crippen LogP contribution in [0.5, 0.6) is 5.75 Å². The van der Waals surface area contributed by atoms with E-state index < -0.39 is 0 Å². The van der Waals surface area contributed by atoms with Gasteiger partial charge in [0.2, 0.25) is 11.0 Å². The lowest BCUT2D eigenvalue weighted by atomic mass is 10.3. The Balaban J connectivity index is 1.57. The van der Waals surface area contributed by atoms with Gasteiger partial charge in [-0.3, -0.25) is 10.1 Å². The third kappa shape index (κ3) is 3.71. The summed E-state index contributed by atoms with van der Waals surface area (Å²) in [6.45, 7) is -0.0920. The number of para-hydroxylation sites is 1. The lowest BCUT2D eigenvalue weighted by molar-refractivity contribution is -0.118. The summed E-state index contributed by atoms with van der Waals surface area (Å²) in [6, 6.07) is 12.6. The molecule has 3 aromatic rings.